The molecule has 156 valence electrons. The molecule has 0 fully saturated rings. The van der Waals surface area contributed by atoms with Gasteiger partial charge in [0.25, 0.3) is 5.91 Å². The van der Waals surface area contributed by atoms with E-state index in [-0.39, 0.29) is 16.9 Å². The Hall–Kier alpha value is -3.64. The van der Waals surface area contributed by atoms with Gasteiger partial charge in [-0.25, -0.2) is 4.39 Å². The van der Waals surface area contributed by atoms with Crippen molar-refractivity contribution in [2.75, 3.05) is 11.9 Å². The van der Waals surface area contributed by atoms with Crippen LogP contribution in [0.4, 0.5) is 10.1 Å². The van der Waals surface area contributed by atoms with E-state index in [1.165, 1.54) is 18.2 Å². The fraction of sp³-hybridized carbons (Fsp3) is 0.0833. The lowest BCUT2D eigenvalue weighted by molar-refractivity contribution is 0.0977. The molecule has 0 saturated carbocycles. The Kier molecular flexibility index (Phi) is 6.29. The molecule has 4 rings (SSSR count). The fourth-order valence-corrected chi connectivity index (χ4v) is 3.40. The van der Waals surface area contributed by atoms with E-state index in [1.807, 2.05) is 30.5 Å². The molecule has 3 N–H and O–H groups in total. The van der Waals surface area contributed by atoms with Crippen molar-refractivity contribution in [2.24, 2.45) is 4.99 Å². The summed E-state index contributed by atoms with van der Waals surface area (Å²) in [4.78, 5) is 20.4. The number of anilines is 1. The molecule has 0 atom stereocenters. The Bertz CT molecular complexity index is 1240. The van der Waals surface area contributed by atoms with Crippen molar-refractivity contribution in [3.05, 3.63) is 101 Å². The second-order valence-corrected chi connectivity index (χ2v) is 7.32. The number of hydrogen-bond acceptors (Lipinski definition) is 2. The molecule has 0 aliphatic carbocycles. The van der Waals surface area contributed by atoms with Gasteiger partial charge in [0.2, 0.25) is 5.96 Å². The molecule has 3 aromatic carbocycles. The Morgan fingerprint density at radius 3 is 2.61 bits per heavy atom. The molecule has 0 radical (unpaired) electrons. The second-order valence-electron chi connectivity index (χ2n) is 6.91. The minimum Gasteiger partial charge on any atom is -0.361 e. The highest BCUT2D eigenvalue weighted by Gasteiger charge is 2.10. The maximum absolute atomic E-state index is 13.5. The summed E-state index contributed by atoms with van der Waals surface area (Å²) in [6.07, 6.45) is 2.65. The number of fused-ring (bicyclic) bond motifs is 1. The highest BCUT2D eigenvalue weighted by atomic mass is 35.5. The summed E-state index contributed by atoms with van der Waals surface area (Å²) >= 11 is 5.88. The van der Waals surface area contributed by atoms with Crippen molar-refractivity contribution in [3.8, 4) is 0 Å². The van der Waals surface area contributed by atoms with Crippen LogP contribution in [-0.4, -0.2) is 23.4 Å². The molecule has 4 aromatic rings. The topological polar surface area (TPSA) is 69.3 Å². The lowest BCUT2D eigenvalue weighted by Gasteiger charge is -2.12. The van der Waals surface area contributed by atoms with Crippen LogP contribution >= 0.6 is 11.6 Å². The summed E-state index contributed by atoms with van der Waals surface area (Å²) in [5.74, 6) is -0.554. The van der Waals surface area contributed by atoms with Gasteiger partial charge in [-0.2, -0.15) is 0 Å². The first-order valence-electron chi connectivity index (χ1n) is 9.78. The molecule has 0 aliphatic heterocycles. The molecule has 31 heavy (non-hydrogen) atoms. The van der Waals surface area contributed by atoms with Crippen molar-refractivity contribution in [1.29, 1.82) is 0 Å². The van der Waals surface area contributed by atoms with Gasteiger partial charge in [-0.3, -0.25) is 15.1 Å². The molecule has 0 spiro atoms. The molecule has 0 saturated heterocycles. The van der Waals surface area contributed by atoms with Crippen LogP contribution in [-0.2, 0) is 6.42 Å². The summed E-state index contributed by atoms with van der Waals surface area (Å²) in [5.41, 5.74) is 3.23. The van der Waals surface area contributed by atoms with E-state index in [1.54, 1.807) is 24.3 Å². The molecule has 0 aliphatic rings. The number of benzene rings is 3. The van der Waals surface area contributed by atoms with Crippen LogP contribution in [0.1, 0.15) is 15.9 Å². The number of carbonyl (C=O) groups is 1. The van der Waals surface area contributed by atoms with Crippen LogP contribution in [0.15, 0.2) is 84.0 Å². The van der Waals surface area contributed by atoms with Gasteiger partial charge in [0, 0.05) is 34.9 Å². The molecule has 0 bridgehead atoms. The minimum absolute atomic E-state index is 0.0162. The third-order valence-electron chi connectivity index (χ3n) is 4.78. The Morgan fingerprint density at radius 1 is 1.03 bits per heavy atom. The van der Waals surface area contributed by atoms with Crippen LogP contribution in [0, 0.1) is 5.82 Å². The van der Waals surface area contributed by atoms with Crippen LogP contribution in [0.25, 0.3) is 10.9 Å². The summed E-state index contributed by atoms with van der Waals surface area (Å²) in [7, 11) is 0. The van der Waals surface area contributed by atoms with Gasteiger partial charge in [0.1, 0.15) is 5.82 Å². The second kappa shape index (κ2) is 9.45. The number of hydrogen-bond donors (Lipinski definition) is 3. The number of nitrogens with one attached hydrogen (secondary N) is 3. The lowest BCUT2D eigenvalue weighted by Crippen LogP contribution is -2.36. The number of aliphatic imine (C=N–C) groups is 1. The van der Waals surface area contributed by atoms with E-state index in [0.717, 1.165) is 16.5 Å². The Morgan fingerprint density at radius 2 is 1.81 bits per heavy atom. The summed E-state index contributed by atoms with van der Waals surface area (Å²) in [6.45, 7) is 0.439. The Labute approximate surface area is 184 Å². The van der Waals surface area contributed by atoms with Crippen molar-refractivity contribution < 1.29 is 9.18 Å². The third-order valence-corrected chi connectivity index (χ3v) is 5.07. The van der Waals surface area contributed by atoms with E-state index < -0.39 is 5.82 Å². The summed E-state index contributed by atoms with van der Waals surface area (Å²) < 4.78 is 13.5. The molecule has 1 heterocycles. The van der Waals surface area contributed by atoms with Crippen LogP contribution in [0.2, 0.25) is 5.02 Å². The van der Waals surface area contributed by atoms with E-state index in [0.29, 0.717) is 24.2 Å². The Balaban J connectivity index is 1.53. The van der Waals surface area contributed by atoms with E-state index >= 15 is 0 Å². The maximum atomic E-state index is 13.5. The van der Waals surface area contributed by atoms with E-state index in [4.69, 9.17) is 11.6 Å². The molecule has 5 nitrogen and oxygen atoms in total. The summed E-state index contributed by atoms with van der Waals surface area (Å²) in [5, 5.41) is 6.94. The first-order valence-corrected chi connectivity index (χ1v) is 10.2. The molecule has 1 amide bonds. The predicted molar refractivity (Wildman–Crippen MR) is 123 cm³/mol. The number of aromatic nitrogens is 1. The predicted octanol–water partition coefficient (Wildman–Crippen LogP) is 5.40. The van der Waals surface area contributed by atoms with Crippen LogP contribution < -0.4 is 10.6 Å². The number of amides is 1. The van der Waals surface area contributed by atoms with Gasteiger partial charge in [-0.05, 0) is 48.4 Å². The number of H-pyrrole nitrogens is 1. The molecule has 7 heteroatoms. The van der Waals surface area contributed by atoms with Gasteiger partial charge in [-0.1, -0.05) is 48.0 Å². The number of guanidine groups is 1. The third kappa shape index (κ3) is 5.10. The van der Waals surface area contributed by atoms with Crippen molar-refractivity contribution in [1.82, 2.24) is 10.3 Å². The average Bonchev–Trinajstić information content (AvgIpc) is 3.20. The monoisotopic (exact) mass is 434 g/mol. The van der Waals surface area contributed by atoms with E-state index in [9.17, 15) is 9.18 Å². The lowest BCUT2D eigenvalue weighted by atomic mass is 10.1. The zero-order chi connectivity index (χ0) is 21.6. The molecular weight excluding hydrogens is 415 g/mol. The number of para-hydroxylation sites is 1. The number of halogens is 2. The number of aromatic amines is 1. The minimum atomic E-state index is -0.515. The smallest absolute Gasteiger partial charge is 0.257 e. The van der Waals surface area contributed by atoms with Gasteiger partial charge in [0.05, 0.1) is 5.02 Å². The number of nitrogens with zero attached hydrogens (tertiary/aromatic N) is 1. The fourth-order valence-electron chi connectivity index (χ4n) is 3.22. The molecular formula is C24H20ClFN4O. The standard InChI is InChI=1S/C24H20ClFN4O/c25-20-14-18(10-11-21(20)26)29-24(30-23(31)16-6-2-1-3-7-16)27-13-12-17-15-28-22-9-5-4-8-19(17)22/h1-11,14-15,28H,12-13H2,(H2,27,29,30,31). The van der Waals surface area contributed by atoms with Crippen LogP contribution in [0.5, 0.6) is 0 Å². The first kappa shape index (κ1) is 20.6. The van der Waals surface area contributed by atoms with E-state index in [2.05, 4.69) is 26.7 Å². The normalized spacial score (nSPS) is 11.5. The summed E-state index contributed by atoms with van der Waals surface area (Å²) in [6, 6.07) is 21.1. The average molecular weight is 435 g/mol. The quantitative estimate of drug-likeness (QED) is 0.291. The maximum Gasteiger partial charge on any atom is 0.257 e. The highest BCUT2D eigenvalue weighted by Crippen LogP contribution is 2.20. The van der Waals surface area contributed by atoms with Gasteiger partial charge in [0.15, 0.2) is 0 Å². The van der Waals surface area contributed by atoms with Crippen LogP contribution in [0.3, 0.4) is 0 Å². The molecule has 1 aromatic heterocycles. The molecule has 0 unspecified atom stereocenters. The van der Waals surface area contributed by atoms with Gasteiger partial charge >= 0.3 is 0 Å². The van der Waals surface area contributed by atoms with Crippen molar-refractivity contribution in [3.63, 3.8) is 0 Å². The number of carbonyl (C=O) groups excluding carboxylic acids is 1. The number of rotatable bonds is 5. The largest absolute Gasteiger partial charge is 0.361 e. The first-order chi connectivity index (χ1) is 15.1. The zero-order valence-electron chi connectivity index (χ0n) is 16.5. The SMILES string of the molecule is O=C(NC(=NCCc1c[nH]c2ccccc12)Nc1ccc(F)c(Cl)c1)c1ccccc1. The zero-order valence-corrected chi connectivity index (χ0v) is 17.3. The van der Waals surface area contributed by atoms with Gasteiger partial charge in [-0.15, -0.1) is 0 Å². The van der Waals surface area contributed by atoms with Gasteiger partial charge < -0.3 is 10.3 Å². The van der Waals surface area contributed by atoms with Crippen molar-refractivity contribution in [2.45, 2.75) is 6.42 Å². The highest BCUT2D eigenvalue weighted by molar-refractivity contribution is 6.31. The van der Waals surface area contributed by atoms with Crippen molar-refractivity contribution >= 4 is 40.1 Å².